The zero-order valence-corrected chi connectivity index (χ0v) is 5.83. The van der Waals surface area contributed by atoms with Crippen LogP contribution in [0, 0.1) is 0 Å². The molecule has 0 aromatic carbocycles. The summed E-state index contributed by atoms with van der Waals surface area (Å²) in [6.07, 6.45) is -0.838. The molecule has 0 spiro atoms. The fraction of sp³-hybridized carbons (Fsp3) is 0.167. The first-order chi connectivity index (χ1) is 5.22. The molecular weight excluding hydrogens is 146 g/mol. The summed E-state index contributed by atoms with van der Waals surface area (Å²) in [7, 11) is 0. The maximum Gasteiger partial charge on any atom is 0.411 e. The monoisotopic (exact) mass is 155 g/mol. The van der Waals surface area contributed by atoms with Crippen LogP contribution in [0.5, 0.6) is 5.88 Å². The van der Waals surface area contributed by atoms with Crippen LogP contribution in [-0.2, 0) is 6.54 Å². The van der Waals surface area contributed by atoms with Gasteiger partial charge in [-0.05, 0) is 6.07 Å². The first-order valence-corrected chi connectivity index (χ1v) is 3.07. The lowest BCUT2D eigenvalue weighted by Crippen LogP contribution is -2.16. The minimum absolute atomic E-state index is 0.318. The van der Waals surface area contributed by atoms with E-state index in [2.05, 4.69) is 9.72 Å². The SMILES string of the molecule is NCc1ccc(OC(N)=O)[nH]1. The molecular formula is C6H9N3O2. The standard InChI is InChI=1S/C6H9N3O2/c7-3-4-1-2-5(9-4)11-6(8)10/h1-2,9H,3,7H2,(H2,8,10). The number of hydrogen-bond acceptors (Lipinski definition) is 3. The Labute approximate surface area is 63.3 Å². The van der Waals surface area contributed by atoms with Gasteiger partial charge in [0.1, 0.15) is 0 Å². The van der Waals surface area contributed by atoms with E-state index in [0.29, 0.717) is 12.4 Å². The molecule has 0 unspecified atom stereocenters. The first-order valence-electron chi connectivity index (χ1n) is 3.07. The molecule has 0 saturated carbocycles. The Hall–Kier alpha value is -1.49. The lowest BCUT2D eigenvalue weighted by Gasteiger charge is -1.94. The number of H-pyrrole nitrogens is 1. The molecule has 0 fully saturated rings. The normalized spacial score (nSPS) is 9.55. The molecule has 0 aliphatic heterocycles. The predicted octanol–water partition coefficient (Wildman–Crippen LogP) is -0.0691. The summed E-state index contributed by atoms with van der Waals surface area (Å²) >= 11 is 0. The van der Waals surface area contributed by atoms with Crippen LogP contribution in [-0.4, -0.2) is 11.1 Å². The van der Waals surface area contributed by atoms with Gasteiger partial charge in [-0.2, -0.15) is 0 Å². The lowest BCUT2D eigenvalue weighted by molar-refractivity contribution is 0.209. The van der Waals surface area contributed by atoms with Gasteiger partial charge in [-0.1, -0.05) is 0 Å². The van der Waals surface area contributed by atoms with Crippen LogP contribution in [0.2, 0.25) is 0 Å². The largest absolute Gasteiger partial charge is 0.411 e. The van der Waals surface area contributed by atoms with Crippen molar-refractivity contribution >= 4 is 6.09 Å². The number of nitrogens with two attached hydrogens (primary N) is 2. The zero-order chi connectivity index (χ0) is 8.27. The van der Waals surface area contributed by atoms with Crippen molar-refractivity contribution < 1.29 is 9.53 Å². The molecule has 1 aromatic rings. The van der Waals surface area contributed by atoms with E-state index in [1.807, 2.05) is 0 Å². The summed E-state index contributed by atoms with van der Waals surface area (Å²) in [4.78, 5) is 13.0. The summed E-state index contributed by atoms with van der Waals surface area (Å²) in [5.41, 5.74) is 10.8. The fourth-order valence-corrected chi connectivity index (χ4v) is 0.705. The second-order valence-corrected chi connectivity index (χ2v) is 1.97. The van der Waals surface area contributed by atoms with Crippen LogP contribution in [0.15, 0.2) is 12.1 Å². The highest BCUT2D eigenvalue weighted by molar-refractivity contribution is 5.67. The van der Waals surface area contributed by atoms with E-state index in [-0.39, 0.29) is 0 Å². The number of amides is 1. The number of nitrogens with one attached hydrogen (secondary N) is 1. The van der Waals surface area contributed by atoms with Gasteiger partial charge in [0.2, 0.25) is 5.88 Å². The fourth-order valence-electron chi connectivity index (χ4n) is 0.705. The molecule has 1 aromatic heterocycles. The summed E-state index contributed by atoms with van der Waals surface area (Å²) in [5, 5.41) is 0. The Morgan fingerprint density at radius 2 is 2.36 bits per heavy atom. The first kappa shape index (κ1) is 7.62. The highest BCUT2D eigenvalue weighted by atomic mass is 16.6. The van der Waals surface area contributed by atoms with Gasteiger partial charge in [0.25, 0.3) is 0 Å². The third-order valence-electron chi connectivity index (χ3n) is 1.15. The number of carbonyl (C=O) groups is 1. The molecule has 11 heavy (non-hydrogen) atoms. The number of rotatable bonds is 2. The highest BCUT2D eigenvalue weighted by Gasteiger charge is 2.00. The molecule has 0 aliphatic carbocycles. The van der Waals surface area contributed by atoms with E-state index in [9.17, 15) is 4.79 Å². The van der Waals surface area contributed by atoms with Crippen LogP contribution in [0.3, 0.4) is 0 Å². The second kappa shape index (κ2) is 3.07. The van der Waals surface area contributed by atoms with Crippen molar-refractivity contribution in [1.82, 2.24) is 4.98 Å². The third kappa shape index (κ3) is 1.98. The van der Waals surface area contributed by atoms with Crippen LogP contribution >= 0.6 is 0 Å². The van der Waals surface area contributed by atoms with Crippen LogP contribution in [0.4, 0.5) is 4.79 Å². The summed E-state index contributed by atoms with van der Waals surface area (Å²) in [5.74, 6) is 0.318. The van der Waals surface area contributed by atoms with E-state index in [1.165, 1.54) is 0 Å². The van der Waals surface area contributed by atoms with E-state index in [1.54, 1.807) is 12.1 Å². The Morgan fingerprint density at radius 3 is 2.82 bits per heavy atom. The van der Waals surface area contributed by atoms with E-state index < -0.39 is 6.09 Å². The number of carbonyl (C=O) groups excluding carboxylic acids is 1. The number of ether oxygens (including phenoxy) is 1. The van der Waals surface area contributed by atoms with Crippen molar-refractivity contribution in [3.63, 3.8) is 0 Å². The van der Waals surface area contributed by atoms with Crippen molar-refractivity contribution in [2.45, 2.75) is 6.54 Å². The minimum Gasteiger partial charge on any atom is -0.393 e. The zero-order valence-electron chi connectivity index (χ0n) is 5.83. The van der Waals surface area contributed by atoms with Crippen molar-refractivity contribution in [2.75, 3.05) is 0 Å². The quantitative estimate of drug-likeness (QED) is 0.558. The summed E-state index contributed by atoms with van der Waals surface area (Å²) in [6, 6.07) is 3.31. The molecule has 1 heterocycles. The lowest BCUT2D eigenvalue weighted by atomic mass is 10.4. The second-order valence-electron chi connectivity index (χ2n) is 1.97. The van der Waals surface area contributed by atoms with E-state index >= 15 is 0 Å². The van der Waals surface area contributed by atoms with Crippen molar-refractivity contribution in [3.05, 3.63) is 17.8 Å². The van der Waals surface area contributed by atoms with Gasteiger partial charge in [-0.3, -0.25) is 0 Å². The molecule has 5 heteroatoms. The average Bonchev–Trinajstić information content (AvgIpc) is 2.34. The van der Waals surface area contributed by atoms with Crippen molar-refractivity contribution in [3.8, 4) is 5.88 Å². The molecule has 0 atom stereocenters. The van der Waals surface area contributed by atoms with Gasteiger partial charge in [0.15, 0.2) is 0 Å². The predicted molar refractivity (Wildman–Crippen MR) is 38.9 cm³/mol. The van der Waals surface area contributed by atoms with Crippen molar-refractivity contribution in [1.29, 1.82) is 0 Å². The minimum atomic E-state index is -0.838. The van der Waals surface area contributed by atoms with Gasteiger partial charge >= 0.3 is 6.09 Å². The Kier molecular flexibility index (Phi) is 2.12. The van der Waals surface area contributed by atoms with Crippen LogP contribution < -0.4 is 16.2 Å². The molecule has 0 aliphatic rings. The highest BCUT2D eigenvalue weighted by Crippen LogP contribution is 2.08. The summed E-state index contributed by atoms with van der Waals surface area (Å²) < 4.78 is 4.52. The third-order valence-corrected chi connectivity index (χ3v) is 1.15. The topological polar surface area (TPSA) is 94.1 Å². The van der Waals surface area contributed by atoms with Gasteiger partial charge in [0.05, 0.1) is 0 Å². The van der Waals surface area contributed by atoms with Crippen LogP contribution in [0.25, 0.3) is 0 Å². The molecule has 0 saturated heterocycles. The average molecular weight is 155 g/mol. The molecule has 5 nitrogen and oxygen atoms in total. The number of aromatic nitrogens is 1. The van der Waals surface area contributed by atoms with Gasteiger partial charge in [-0.15, -0.1) is 0 Å². The molecule has 0 radical (unpaired) electrons. The Morgan fingerprint density at radius 1 is 1.64 bits per heavy atom. The van der Waals surface area contributed by atoms with E-state index in [4.69, 9.17) is 11.5 Å². The number of primary amides is 1. The molecule has 5 N–H and O–H groups in total. The summed E-state index contributed by atoms with van der Waals surface area (Å²) in [6.45, 7) is 0.377. The van der Waals surface area contributed by atoms with Gasteiger partial charge < -0.3 is 21.2 Å². The maximum atomic E-state index is 10.2. The van der Waals surface area contributed by atoms with Crippen LogP contribution in [0.1, 0.15) is 5.69 Å². The molecule has 0 bridgehead atoms. The number of hydrogen-bond donors (Lipinski definition) is 3. The van der Waals surface area contributed by atoms with E-state index in [0.717, 1.165) is 5.69 Å². The van der Waals surface area contributed by atoms with Gasteiger partial charge in [-0.25, -0.2) is 4.79 Å². The molecule has 1 amide bonds. The molecule has 1 rings (SSSR count). The smallest absolute Gasteiger partial charge is 0.393 e. The maximum absolute atomic E-state index is 10.2. The molecule has 60 valence electrons. The Balaban J connectivity index is 2.65. The van der Waals surface area contributed by atoms with Crippen molar-refractivity contribution in [2.24, 2.45) is 11.5 Å². The Bertz CT molecular complexity index is 256. The van der Waals surface area contributed by atoms with Gasteiger partial charge in [0, 0.05) is 18.3 Å². The number of aromatic amines is 1.